The lowest BCUT2D eigenvalue weighted by Crippen LogP contribution is -2.18. The molecule has 0 aliphatic carbocycles. The van der Waals surface area contributed by atoms with Gasteiger partial charge in [-0.1, -0.05) is 43.3 Å². The number of hydrogen-bond donors (Lipinski definition) is 2. The second kappa shape index (κ2) is 13.4. The Bertz CT molecular complexity index is 1550. The third-order valence-electron chi connectivity index (χ3n) is 7.22. The maximum atomic E-state index is 13.1. The molecule has 2 aromatic carbocycles. The van der Waals surface area contributed by atoms with Gasteiger partial charge >= 0.3 is 5.97 Å². The molecule has 1 unspecified atom stereocenters. The van der Waals surface area contributed by atoms with Crippen LogP contribution in [-0.2, 0) is 33.7 Å². The first-order valence-electron chi connectivity index (χ1n) is 14.0. The molecule has 4 aromatic rings. The van der Waals surface area contributed by atoms with E-state index < -0.39 is 5.97 Å². The fraction of sp³-hybridized carbons (Fsp3) is 0.344. The second-order valence-corrected chi connectivity index (χ2v) is 10.4. The molecule has 0 spiro atoms. The van der Waals surface area contributed by atoms with E-state index in [0.717, 1.165) is 29.2 Å². The highest BCUT2D eigenvalue weighted by molar-refractivity contribution is 6.11. The summed E-state index contributed by atoms with van der Waals surface area (Å²) < 4.78 is 23.1. The maximum absolute atomic E-state index is 13.1. The predicted octanol–water partition coefficient (Wildman–Crippen LogP) is 5.06. The van der Waals surface area contributed by atoms with Crippen LogP contribution in [0.1, 0.15) is 35.0 Å². The highest BCUT2D eigenvalue weighted by Crippen LogP contribution is 2.34. The largest absolute Gasteiger partial charge is 0.464 e. The number of pyridine rings is 1. The minimum atomic E-state index is -0.561. The third-order valence-corrected chi connectivity index (χ3v) is 7.22. The van der Waals surface area contributed by atoms with Gasteiger partial charge in [0, 0.05) is 32.0 Å². The molecule has 1 amide bonds. The Morgan fingerprint density at radius 2 is 1.86 bits per heavy atom. The summed E-state index contributed by atoms with van der Waals surface area (Å²) in [6.45, 7) is 3.83. The molecule has 0 radical (unpaired) electrons. The van der Waals surface area contributed by atoms with Crippen LogP contribution in [-0.4, -0.2) is 55.6 Å². The van der Waals surface area contributed by atoms with Crippen molar-refractivity contribution in [3.05, 3.63) is 77.6 Å². The highest BCUT2D eigenvalue weighted by atomic mass is 16.7. The number of esters is 1. The van der Waals surface area contributed by atoms with Crippen molar-refractivity contribution in [3.8, 4) is 11.5 Å². The van der Waals surface area contributed by atoms with Crippen LogP contribution in [0, 0.1) is 5.92 Å². The summed E-state index contributed by atoms with van der Waals surface area (Å²) in [6, 6.07) is 17.7. The van der Waals surface area contributed by atoms with Crippen molar-refractivity contribution in [1.82, 2.24) is 9.55 Å². The number of amides is 1. The Hall–Kier alpha value is -4.57. The van der Waals surface area contributed by atoms with E-state index in [2.05, 4.69) is 28.6 Å². The molecule has 0 bridgehead atoms. The van der Waals surface area contributed by atoms with Crippen LogP contribution in [0.4, 0.5) is 11.4 Å². The topological polar surface area (TPSA) is 113 Å². The zero-order valence-electron chi connectivity index (χ0n) is 24.1. The molecule has 2 N–H and O–H groups in total. The van der Waals surface area contributed by atoms with Crippen molar-refractivity contribution in [1.29, 1.82) is 0 Å². The molecular weight excluding hydrogens is 536 g/mol. The van der Waals surface area contributed by atoms with Gasteiger partial charge in [-0.3, -0.25) is 4.79 Å². The number of methoxy groups -OCH3 is 2. The van der Waals surface area contributed by atoms with Gasteiger partial charge in [-0.15, -0.1) is 0 Å². The molecule has 1 atom stereocenters. The molecule has 5 rings (SSSR count). The van der Waals surface area contributed by atoms with Gasteiger partial charge < -0.3 is 34.1 Å². The lowest BCUT2D eigenvalue weighted by Gasteiger charge is -2.14. The van der Waals surface area contributed by atoms with Crippen LogP contribution >= 0.6 is 0 Å². The predicted molar refractivity (Wildman–Crippen MR) is 160 cm³/mol. The minimum Gasteiger partial charge on any atom is -0.464 e. The van der Waals surface area contributed by atoms with Crippen molar-refractivity contribution in [3.63, 3.8) is 0 Å². The quantitative estimate of drug-likeness (QED) is 0.214. The van der Waals surface area contributed by atoms with Crippen molar-refractivity contribution in [2.75, 3.05) is 44.8 Å². The van der Waals surface area contributed by atoms with E-state index in [1.165, 1.54) is 12.7 Å². The van der Waals surface area contributed by atoms with E-state index in [-0.39, 0.29) is 24.8 Å². The number of aryl methyl sites for hydroxylation is 1. The number of carbonyl (C=O) groups excluding carboxylic acids is 2. The molecule has 42 heavy (non-hydrogen) atoms. The first kappa shape index (κ1) is 28.9. The Morgan fingerprint density at radius 3 is 2.64 bits per heavy atom. The summed E-state index contributed by atoms with van der Waals surface area (Å²) in [5.74, 6) is 1.09. The lowest BCUT2D eigenvalue weighted by molar-refractivity contribution is -0.116. The van der Waals surface area contributed by atoms with Crippen molar-refractivity contribution in [2.24, 2.45) is 5.92 Å². The molecule has 0 fully saturated rings. The van der Waals surface area contributed by atoms with Crippen LogP contribution in [0.5, 0.6) is 11.5 Å². The van der Waals surface area contributed by atoms with E-state index in [9.17, 15) is 9.59 Å². The fourth-order valence-electron chi connectivity index (χ4n) is 5.10. The molecule has 0 saturated carbocycles. The Balaban J connectivity index is 1.37. The van der Waals surface area contributed by atoms with Crippen LogP contribution in [0.25, 0.3) is 11.0 Å². The SMILES string of the molecule is COCCn1c(C(=O)OC)c(NC(=O)CCc2ccccc2)c2cc(NCC(C)Cc3ccc4c(c3)OCO4)cnc21. The van der Waals surface area contributed by atoms with E-state index in [4.69, 9.17) is 18.9 Å². The molecule has 3 heterocycles. The first-order valence-corrected chi connectivity index (χ1v) is 14.0. The van der Waals surface area contributed by atoms with Gasteiger partial charge in [-0.25, -0.2) is 9.78 Å². The van der Waals surface area contributed by atoms with Gasteiger partial charge in [0.1, 0.15) is 5.65 Å². The molecule has 0 saturated heterocycles. The summed E-state index contributed by atoms with van der Waals surface area (Å²) in [6.07, 6.45) is 3.43. The zero-order valence-corrected chi connectivity index (χ0v) is 24.1. The molecule has 220 valence electrons. The Kier molecular flexibility index (Phi) is 9.23. The van der Waals surface area contributed by atoms with Crippen molar-refractivity contribution < 1.29 is 28.5 Å². The molecule has 1 aliphatic rings. The van der Waals surface area contributed by atoms with Crippen LogP contribution in [0.2, 0.25) is 0 Å². The average Bonchev–Trinajstić information content (AvgIpc) is 3.60. The number of carbonyl (C=O) groups is 2. The van der Waals surface area contributed by atoms with Gasteiger partial charge in [0.25, 0.3) is 0 Å². The number of benzene rings is 2. The number of nitrogens with one attached hydrogen (secondary N) is 2. The summed E-state index contributed by atoms with van der Waals surface area (Å²) in [4.78, 5) is 30.8. The summed E-state index contributed by atoms with van der Waals surface area (Å²) in [7, 11) is 2.92. The number of fused-ring (bicyclic) bond motifs is 2. The molecule has 1 aliphatic heterocycles. The number of hydrogen-bond acceptors (Lipinski definition) is 8. The summed E-state index contributed by atoms with van der Waals surface area (Å²) >= 11 is 0. The number of aromatic nitrogens is 2. The van der Waals surface area contributed by atoms with Crippen molar-refractivity contribution in [2.45, 2.75) is 32.7 Å². The van der Waals surface area contributed by atoms with E-state index in [1.54, 1.807) is 17.9 Å². The molecule has 10 heteroatoms. The van der Waals surface area contributed by atoms with Crippen LogP contribution in [0.15, 0.2) is 60.8 Å². The monoisotopic (exact) mass is 572 g/mol. The Labute approximate surface area is 244 Å². The number of nitrogens with zero attached hydrogens (tertiary/aromatic N) is 2. The smallest absolute Gasteiger partial charge is 0.356 e. The number of rotatable bonds is 13. The number of ether oxygens (including phenoxy) is 4. The lowest BCUT2D eigenvalue weighted by atomic mass is 10.0. The van der Waals surface area contributed by atoms with E-state index in [0.29, 0.717) is 48.8 Å². The van der Waals surface area contributed by atoms with Crippen molar-refractivity contribution >= 4 is 34.3 Å². The highest BCUT2D eigenvalue weighted by Gasteiger charge is 2.26. The normalized spacial score (nSPS) is 12.7. The standard InChI is InChI=1S/C32H36N4O6/c1-21(15-23-9-11-26-27(16-23)42-20-41-26)18-33-24-17-25-29(35-28(37)12-10-22-7-5-4-6-8-22)30(32(38)40-3)36(13-14-39-2)31(25)34-19-24/h4-9,11,16-17,19,21,33H,10,12-15,18,20H2,1-3H3,(H,35,37). The minimum absolute atomic E-state index is 0.203. The van der Waals surface area contributed by atoms with Gasteiger partial charge in [0.2, 0.25) is 12.7 Å². The summed E-state index contributed by atoms with van der Waals surface area (Å²) in [5.41, 5.74) is 4.19. The molecule has 2 aromatic heterocycles. The molecular formula is C32H36N4O6. The van der Waals surface area contributed by atoms with Gasteiger partial charge in [0.15, 0.2) is 17.2 Å². The Morgan fingerprint density at radius 1 is 1.05 bits per heavy atom. The fourth-order valence-corrected chi connectivity index (χ4v) is 5.10. The van der Waals surface area contributed by atoms with Crippen LogP contribution < -0.4 is 20.1 Å². The van der Waals surface area contributed by atoms with Crippen LogP contribution in [0.3, 0.4) is 0 Å². The zero-order chi connectivity index (χ0) is 29.5. The second-order valence-electron chi connectivity index (χ2n) is 10.4. The van der Waals surface area contributed by atoms with E-state index >= 15 is 0 Å². The third kappa shape index (κ3) is 6.66. The van der Waals surface area contributed by atoms with Gasteiger partial charge in [-0.2, -0.15) is 0 Å². The average molecular weight is 573 g/mol. The van der Waals surface area contributed by atoms with Gasteiger partial charge in [0.05, 0.1) is 31.3 Å². The summed E-state index contributed by atoms with van der Waals surface area (Å²) in [5, 5.41) is 7.11. The molecule has 10 nitrogen and oxygen atoms in total. The number of anilines is 2. The van der Waals surface area contributed by atoms with Gasteiger partial charge in [-0.05, 0) is 48.1 Å². The first-order chi connectivity index (χ1) is 20.5. The van der Waals surface area contributed by atoms with E-state index in [1.807, 2.05) is 48.5 Å². The maximum Gasteiger partial charge on any atom is 0.356 e.